The summed E-state index contributed by atoms with van der Waals surface area (Å²) in [5.41, 5.74) is 0. The van der Waals surface area contributed by atoms with E-state index in [2.05, 4.69) is 0 Å². The van der Waals surface area contributed by atoms with Crippen LogP contribution in [0.5, 0.6) is 0 Å². The molecule has 0 saturated carbocycles. The van der Waals surface area contributed by atoms with Gasteiger partial charge in [-0.05, 0) is 6.92 Å². The van der Waals surface area contributed by atoms with E-state index >= 15 is 0 Å². The van der Waals surface area contributed by atoms with Crippen molar-refractivity contribution < 1.29 is 18.9 Å². The number of rotatable bonds is 3. The summed E-state index contributed by atoms with van der Waals surface area (Å²) >= 11 is 0. The highest BCUT2D eigenvalue weighted by Crippen LogP contribution is 2.23. The average Bonchev–Trinajstić information content (AvgIpc) is 2.17. The minimum absolute atomic E-state index is 0.0196. The van der Waals surface area contributed by atoms with Crippen LogP contribution in [0.25, 0.3) is 0 Å². The van der Waals surface area contributed by atoms with E-state index in [0.717, 1.165) is 0 Å². The second-order valence-corrected chi connectivity index (χ2v) is 2.92. The second-order valence-electron chi connectivity index (χ2n) is 2.92. The summed E-state index contributed by atoms with van der Waals surface area (Å²) in [6.07, 6.45) is 1.26. The Labute approximate surface area is 78.4 Å². The molecule has 0 spiro atoms. The summed E-state index contributed by atoms with van der Waals surface area (Å²) in [6.45, 7) is 1.93. The maximum absolute atomic E-state index is 5.32. The van der Waals surface area contributed by atoms with E-state index in [1.165, 1.54) is 0 Å². The summed E-state index contributed by atoms with van der Waals surface area (Å²) < 4.78 is 21.0. The minimum atomic E-state index is -0.182. The number of hydrogen-bond donors (Lipinski definition) is 0. The van der Waals surface area contributed by atoms with E-state index in [4.69, 9.17) is 18.9 Å². The van der Waals surface area contributed by atoms with Gasteiger partial charge >= 0.3 is 0 Å². The fraction of sp³-hybridized carbons (Fsp3) is 0.778. The molecule has 0 aromatic rings. The molecule has 0 aromatic carbocycles. The maximum atomic E-state index is 5.32. The van der Waals surface area contributed by atoms with Gasteiger partial charge in [0.2, 0.25) is 0 Å². The van der Waals surface area contributed by atoms with Crippen molar-refractivity contribution in [3.8, 4) is 0 Å². The highest BCUT2D eigenvalue weighted by Gasteiger charge is 2.35. The van der Waals surface area contributed by atoms with Crippen molar-refractivity contribution in [2.75, 3.05) is 21.3 Å². The van der Waals surface area contributed by atoms with E-state index in [1.807, 2.05) is 6.92 Å². The zero-order chi connectivity index (χ0) is 9.84. The second kappa shape index (κ2) is 4.48. The lowest BCUT2D eigenvalue weighted by Gasteiger charge is -2.33. The van der Waals surface area contributed by atoms with Crippen LogP contribution in [0.15, 0.2) is 12.0 Å². The van der Waals surface area contributed by atoms with Crippen LogP contribution >= 0.6 is 0 Å². The Morgan fingerprint density at radius 3 is 2.38 bits per heavy atom. The van der Waals surface area contributed by atoms with Gasteiger partial charge in [0.25, 0.3) is 0 Å². The minimum Gasteiger partial charge on any atom is -0.495 e. The van der Waals surface area contributed by atoms with Crippen molar-refractivity contribution in [1.29, 1.82) is 0 Å². The molecule has 0 radical (unpaired) electrons. The zero-order valence-electron chi connectivity index (χ0n) is 8.44. The van der Waals surface area contributed by atoms with Gasteiger partial charge in [0.15, 0.2) is 5.76 Å². The van der Waals surface area contributed by atoms with E-state index in [1.54, 1.807) is 27.6 Å². The molecule has 4 nitrogen and oxygen atoms in total. The molecule has 0 aliphatic carbocycles. The van der Waals surface area contributed by atoms with Gasteiger partial charge in [-0.15, -0.1) is 0 Å². The van der Waals surface area contributed by atoms with Crippen LogP contribution in [0.1, 0.15) is 6.92 Å². The molecular formula is C9H16O4. The lowest BCUT2D eigenvalue weighted by atomic mass is 10.1. The standard InChI is InChI=1S/C9H16O4/c1-6-8(11-3)9(12-4)7(10-2)5-13-6/h5-6,8-9H,1-4H3. The van der Waals surface area contributed by atoms with Crippen LogP contribution in [0.4, 0.5) is 0 Å². The monoisotopic (exact) mass is 188 g/mol. The van der Waals surface area contributed by atoms with E-state index in [-0.39, 0.29) is 18.3 Å². The van der Waals surface area contributed by atoms with E-state index < -0.39 is 0 Å². The normalized spacial score (nSPS) is 33.5. The smallest absolute Gasteiger partial charge is 0.161 e. The van der Waals surface area contributed by atoms with Crippen LogP contribution in [0.3, 0.4) is 0 Å². The Hall–Kier alpha value is -0.740. The van der Waals surface area contributed by atoms with Crippen molar-refractivity contribution >= 4 is 0 Å². The van der Waals surface area contributed by atoms with Gasteiger partial charge < -0.3 is 18.9 Å². The largest absolute Gasteiger partial charge is 0.495 e. The maximum Gasteiger partial charge on any atom is 0.161 e. The van der Waals surface area contributed by atoms with Crippen molar-refractivity contribution in [2.24, 2.45) is 0 Å². The Bertz CT molecular complexity index is 190. The van der Waals surface area contributed by atoms with E-state index in [9.17, 15) is 0 Å². The molecule has 0 amide bonds. The molecule has 3 unspecified atom stereocenters. The average molecular weight is 188 g/mol. The molecule has 4 heteroatoms. The Balaban J connectivity index is 2.78. The van der Waals surface area contributed by atoms with Crippen molar-refractivity contribution in [2.45, 2.75) is 25.2 Å². The fourth-order valence-electron chi connectivity index (χ4n) is 1.46. The van der Waals surface area contributed by atoms with Crippen molar-refractivity contribution in [1.82, 2.24) is 0 Å². The quantitative estimate of drug-likeness (QED) is 0.660. The number of hydrogen-bond acceptors (Lipinski definition) is 4. The third-order valence-corrected chi connectivity index (χ3v) is 2.20. The first kappa shape index (κ1) is 10.3. The summed E-state index contributed by atoms with van der Waals surface area (Å²) in [6, 6.07) is 0. The molecule has 0 fully saturated rings. The van der Waals surface area contributed by atoms with Crippen LogP contribution in [-0.2, 0) is 18.9 Å². The molecule has 13 heavy (non-hydrogen) atoms. The van der Waals surface area contributed by atoms with Gasteiger partial charge in [0.05, 0.1) is 7.11 Å². The molecule has 1 rings (SSSR count). The molecule has 0 saturated heterocycles. The van der Waals surface area contributed by atoms with Crippen LogP contribution in [-0.4, -0.2) is 39.6 Å². The first-order valence-electron chi connectivity index (χ1n) is 4.19. The summed E-state index contributed by atoms with van der Waals surface area (Å²) in [5, 5.41) is 0. The third kappa shape index (κ3) is 1.95. The van der Waals surface area contributed by atoms with Gasteiger partial charge in [-0.25, -0.2) is 0 Å². The molecule has 3 atom stereocenters. The zero-order valence-corrected chi connectivity index (χ0v) is 8.44. The molecule has 0 bridgehead atoms. The predicted molar refractivity (Wildman–Crippen MR) is 47.2 cm³/mol. The first-order chi connectivity index (χ1) is 6.24. The van der Waals surface area contributed by atoms with Crippen molar-refractivity contribution in [3.63, 3.8) is 0 Å². The van der Waals surface area contributed by atoms with Crippen LogP contribution in [0.2, 0.25) is 0 Å². The van der Waals surface area contributed by atoms with Gasteiger partial charge in [-0.2, -0.15) is 0 Å². The lowest BCUT2D eigenvalue weighted by Crippen LogP contribution is -2.44. The summed E-state index contributed by atoms with van der Waals surface area (Å²) in [4.78, 5) is 0. The van der Waals surface area contributed by atoms with Gasteiger partial charge in [-0.3, -0.25) is 0 Å². The third-order valence-electron chi connectivity index (χ3n) is 2.20. The lowest BCUT2D eigenvalue weighted by molar-refractivity contribution is -0.113. The van der Waals surface area contributed by atoms with Crippen LogP contribution < -0.4 is 0 Å². The highest BCUT2D eigenvalue weighted by molar-refractivity contribution is 5.05. The molecule has 0 N–H and O–H groups in total. The molecule has 76 valence electrons. The first-order valence-corrected chi connectivity index (χ1v) is 4.19. The van der Waals surface area contributed by atoms with E-state index in [0.29, 0.717) is 5.76 Å². The number of methoxy groups -OCH3 is 3. The molecular weight excluding hydrogens is 172 g/mol. The molecule has 0 aromatic heterocycles. The predicted octanol–water partition coefficient (Wildman–Crippen LogP) is 0.923. The topological polar surface area (TPSA) is 36.9 Å². The fourth-order valence-corrected chi connectivity index (χ4v) is 1.46. The van der Waals surface area contributed by atoms with Gasteiger partial charge in [0.1, 0.15) is 24.6 Å². The van der Waals surface area contributed by atoms with Crippen molar-refractivity contribution in [3.05, 3.63) is 12.0 Å². The SMILES string of the molecule is COC1=COC(C)C(OC)C1OC. The summed E-state index contributed by atoms with van der Waals surface area (Å²) in [7, 11) is 4.85. The number of ether oxygens (including phenoxy) is 4. The molecule has 1 heterocycles. The molecule has 1 aliphatic heterocycles. The van der Waals surface area contributed by atoms with Gasteiger partial charge in [0, 0.05) is 14.2 Å². The Morgan fingerprint density at radius 2 is 1.92 bits per heavy atom. The van der Waals surface area contributed by atoms with Gasteiger partial charge in [-0.1, -0.05) is 0 Å². The Kier molecular flexibility index (Phi) is 3.57. The molecule has 1 aliphatic rings. The summed E-state index contributed by atoms with van der Waals surface area (Å²) in [5.74, 6) is 0.660. The van der Waals surface area contributed by atoms with Crippen LogP contribution in [0, 0.1) is 0 Å². The Morgan fingerprint density at radius 1 is 1.23 bits per heavy atom. The highest BCUT2D eigenvalue weighted by atomic mass is 16.6.